The van der Waals surface area contributed by atoms with E-state index < -0.39 is 6.10 Å². The van der Waals surface area contributed by atoms with E-state index in [1.54, 1.807) is 6.07 Å². The highest BCUT2D eigenvalue weighted by molar-refractivity contribution is 9.10. The van der Waals surface area contributed by atoms with Crippen LogP contribution < -0.4 is 0 Å². The van der Waals surface area contributed by atoms with Crippen molar-refractivity contribution in [3.63, 3.8) is 0 Å². The third-order valence-corrected chi connectivity index (χ3v) is 3.63. The molecule has 0 aliphatic rings. The molecule has 19 heavy (non-hydrogen) atoms. The fourth-order valence-electron chi connectivity index (χ4n) is 1.85. The Morgan fingerprint density at radius 3 is 2.74 bits per heavy atom. The number of nitrogens with zero attached hydrogens (tertiary/aromatic N) is 2. The van der Waals surface area contributed by atoms with Crippen molar-refractivity contribution in [1.82, 2.24) is 9.78 Å². The topological polar surface area (TPSA) is 38.0 Å². The lowest BCUT2D eigenvalue weighted by Crippen LogP contribution is -2.06. The molecule has 2 rings (SSSR count). The van der Waals surface area contributed by atoms with Crippen molar-refractivity contribution in [2.45, 2.75) is 32.4 Å². The predicted octanol–water partition coefficient (Wildman–Crippen LogP) is 3.64. The van der Waals surface area contributed by atoms with Gasteiger partial charge in [0.15, 0.2) is 0 Å². The van der Waals surface area contributed by atoms with E-state index in [0.717, 1.165) is 5.69 Å². The summed E-state index contributed by atoms with van der Waals surface area (Å²) in [6.45, 7) is 4.08. The molecule has 3 nitrogen and oxygen atoms in total. The van der Waals surface area contributed by atoms with Crippen LogP contribution in [0, 0.1) is 5.82 Å². The van der Waals surface area contributed by atoms with Crippen LogP contribution in [0.1, 0.15) is 37.3 Å². The number of rotatable bonds is 4. The van der Waals surface area contributed by atoms with Gasteiger partial charge in [-0.2, -0.15) is 5.10 Å². The molecule has 5 heteroatoms. The lowest BCUT2D eigenvalue weighted by Gasteiger charge is -2.12. The van der Waals surface area contributed by atoms with E-state index in [4.69, 9.17) is 0 Å². The third kappa shape index (κ3) is 3.42. The number of halogens is 2. The van der Waals surface area contributed by atoms with Gasteiger partial charge in [0.2, 0.25) is 0 Å². The average molecular weight is 327 g/mol. The largest absolute Gasteiger partial charge is 0.388 e. The molecule has 1 N–H and O–H groups in total. The second-order valence-electron chi connectivity index (χ2n) is 4.77. The maximum atomic E-state index is 13.2. The molecule has 1 unspecified atom stereocenters. The van der Waals surface area contributed by atoms with E-state index in [-0.39, 0.29) is 11.9 Å². The fourth-order valence-corrected chi connectivity index (χ4v) is 2.36. The minimum atomic E-state index is -0.777. The van der Waals surface area contributed by atoms with Gasteiger partial charge in [-0.25, -0.2) is 4.39 Å². The van der Waals surface area contributed by atoms with Crippen molar-refractivity contribution in [3.8, 4) is 0 Å². The van der Waals surface area contributed by atoms with Crippen molar-refractivity contribution in [2.24, 2.45) is 0 Å². The predicted molar refractivity (Wildman–Crippen MR) is 75.4 cm³/mol. The molecule has 0 bridgehead atoms. The van der Waals surface area contributed by atoms with Gasteiger partial charge in [0, 0.05) is 23.1 Å². The summed E-state index contributed by atoms with van der Waals surface area (Å²) in [5.74, 6) is -0.357. The zero-order valence-corrected chi connectivity index (χ0v) is 12.4. The molecular formula is C14H16BrFN2O. The Balaban J connectivity index is 2.15. The maximum absolute atomic E-state index is 13.2. The molecular weight excluding hydrogens is 311 g/mol. The van der Waals surface area contributed by atoms with Gasteiger partial charge in [0.1, 0.15) is 5.82 Å². The van der Waals surface area contributed by atoms with Crippen LogP contribution in [0.15, 0.2) is 34.9 Å². The lowest BCUT2D eigenvalue weighted by molar-refractivity contribution is 0.175. The number of hydrogen-bond acceptors (Lipinski definition) is 2. The van der Waals surface area contributed by atoms with Crippen molar-refractivity contribution < 1.29 is 9.50 Å². The molecule has 0 saturated heterocycles. The van der Waals surface area contributed by atoms with Crippen LogP contribution in [-0.4, -0.2) is 14.9 Å². The summed E-state index contributed by atoms with van der Waals surface area (Å²) in [4.78, 5) is 0. The first kappa shape index (κ1) is 14.2. The van der Waals surface area contributed by atoms with E-state index >= 15 is 0 Å². The zero-order valence-electron chi connectivity index (χ0n) is 10.8. The molecule has 0 aliphatic heterocycles. The molecule has 0 amide bonds. The summed E-state index contributed by atoms with van der Waals surface area (Å²) in [6, 6.07) is 6.45. The van der Waals surface area contributed by atoms with Gasteiger partial charge >= 0.3 is 0 Å². The van der Waals surface area contributed by atoms with Gasteiger partial charge in [-0.05, 0) is 43.7 Å². The van der Waals surface area contributed by atoms with E-state index in [1.807, 2.05) is 30.8 Å². The molecule has 102 valence electrons. The minimum absolute atomic E-state index is 0.284. The molecule has 0 fully saturated rings. The van der Waals surface area contributed by atoms with Crippen LogP contribution in [0.2, 0.25) is 0 Å². The molecule has 0 aliphatic carbocycles. The minimum Gasteiger partial charge on any atom is -0.388 e. The second-order valence-corrected chi connectivity index (χ2v) is 5.62. The zero-order chi connectivity index (χ0) is 14.0. The standard InChI is InChI=1S/C14H16BrFN2O/c1-9(2)18-6-5-11(17-18)8-14(19)12-7-10(16)3-4-13(12)15/h3-7,9,14,19H,8H2,1-2H3. The highest BCUT2D eigenvalue weighted by Gasteiger charge is 2.15. The number of aliphatic hydroxyl groups is 1. The van der Waals surface area contributed by atoms with Crippen LogP contribution in [0.25, 0.3) is 0 Å². The van der Waals surface area contributed by atoms with E-state index in [9.17, 15) is 9.50 Å². The number of aliphatic hydroxyl groups excluding tert-OH is 1. The first-order valence-electron chi connectivity index (χ1n) is 6.14. The van der Waals surface area contributed by atoms with Crippen LogP contribution in [0.5, 0.6) is 0 Å². The average Bonchev–Trinajstić information content (AvgIpc) is 2.80. The maximum Gasteiger partial charge on any atom is 0.123 e. The Kier molecular flexibility index (Phi) is 4.37. The lowest BCUT2D eigenvalue weighted by atomic mass is 10.1. The van der Waals surface area contributed by atoms with Gasteiger partial charge in [-0.1, -0.05) is 15.9 Å². The van der Waals surface area contributed by atoms with E-state index in [1.165, 1.54) is 12.1 Å². The van der Waals surface area contributed by atoms with Gasteiger partial charge in [-0.15, -0.1) is 0 Å². The smallest absolute Gasteiger partial charge is 0.123 e. The van der Waals surface area contributed by atoms with Gasteiger partial charge < -0.3 is 5.11 Å². The highest BCUT2D eigenvalue weighted by atomic mass is 79.9. The van der Waals surface area contributed by atoms with Crippen molar-refractivity contribution in [2.75, 3.05) is 0 Å². The van der Waals surface area contributed by atoms with E-state index in [0.29, 0.717) is 16.5 Å². The molecule has 2 aromatic rings. The monoisotopic (exact) mass is 326 g/mol. The van der Waals surface area contributed by atoms with Crippen LogP contribution in [0.4, 0.5) is 4.39 Å². The summed E-state index contributed by atoms with van der Waals surface area (Å²) in [5.41, 5.74) is 1.33. The fraction of sp³-hybridized carbons (Fsp3) is 0.357. The van der Waals surface area contributed by atoms with Crippen molar-refractivity contribution in [3.05, 3.63) is 52.0 Å². The van der Waals surface area contributed by atoms with Crippen LogP contribution >= 0.6 is 15.9 Å². The Labute approximate surface area is 120 Å². The summed E-state index contributed by atoms with van der Waals surface area (Å²) in [7, 11) is 0. The van der Waals surface area contributed by atoms with Crippen molar-refractivity contribution in [1.29, 1.82) is 0 Å². The second kappa shape index (κ2) is 5.84. The SMILES string of the molecule is CC(C)n1ccc(CC(O)c2cc(F)ccc2Br)n1. The number of benzene rings is 1. The normalized spacial score (nSPS) is 12.9. The summed E-state index contributed by atoms with van der Waals surface area (Å²) in [5, 5.41) is 14.6. The molecule has 1 heterocycles. The van der Waals surface area contributed by atoms with Crippen LogP contribution in [-0.2, 0) is 6.42 Å². The number of aromatic nitrogens is 2. The summed E-state index contributed by atoms with van der Waals surface area (Å²) >= 11 is 3.32. The highest BCUT2D eigenvalue weighted by Crippen LogP contribution is 2.26. The summed E-state index contributed by atoms with van der Waals surface area (Å²) < 4.78 is 15.7. The molecule has 0 spiro atoms. The third-order valence-electron chi connectivity index (χ3n) is 2.91. The Morgan fingerprint density at radius 1 is 1.37 bits per heavy atom. The molecule has 1 aromatic carbocycles. The summed E-state index contributed by atoms with van der Waals surface area (Å²) in [6.07, 6.45) is 1.47. The first-order chi connectivity index (χ1) is 8.97. The first-order valence-corrected chi connectivity index (χ1v) is 6.93. The van der Waals surface area contributed by atoms with Crippen molar-refractivity contribution >= 4 is 15.9 Å². The number of hydrogen-bond donors (Lipinski definition) is 1. The Hall–Kier alpha value is -1.20. The van der Waals surface area contributed by atoms with Gasteiger partial charge in [-0.3, -0.25) is 4.68 Å². The molecule has 1 aromatic heterocycles. The molecule has 0 saturated carbocycles. The quantitative estimate of drug-likeness (QED) is 0.931. The van der Waals surface area contributed by atoms with Gasteiger partial charge in [0.05, 0.1) is 11.8 Å². The van der Waals surface area contributed by atoms with E-state index in [2.05, 4.69) is 21.0 Å². The molecule has 1 atom stereocenters. The van der Waals surface area contributed by atoms with Gasteiger partial charge in [0.25, 0.3) is 0 Å². The van der Waals surface area contributed by atoms with Crippen LogP contribution in [0.3, 0.4) is 0 Å². The molecule has 0 radical (unpaired) electrons. The Bertz CT molecular complexity index is 568. The Morgan fingerprint density at radius 2 is 2.11 bits per heavy atom.